The third-order valence-corrected chi connectivity index (χ3v) is 4.69. The number of carbonyl (C=O) groups is 1. The highest BCUT2D eigenvalue weighted by atomic mass is 79.9. The summed E-state index contributed by atoms with van der Waals surface area (Å²) in [5.74, 6) is -0.270. The SMILES string of the molecule is O=C(NCc1ccc(Br)cc1)c1cccn2c(=O)c3ccccc3nc12. The lowest BCUT2D eigenvalue weighted by molar-refractivity contribution is 0.0952. The van der Waals surface area contributed by atoms with Gasteiger partial charge in [0.1, 0.15) is 0 Å². The molecule has 128 valence electrons. The molecule has 0 saturated carbocycles. The van der Waals surface area contributed by atoms with Crippen LogP contribution in [0.25, 0.3) is 16.6 Å². The molecule has 0 bridgehead atoms. The Hall–Kier alpha value is -2.99. The molecule has 1 N–H and O–H groups in total. The van der Waals surface area contributed by atoms with E-state index in [1.807, 2.05) is 30.3 Å². The van der Waals surface area contributed by atoms with E-state index >= 15 is 0 Å². The first-order valence-electron chi connectivity index (χ1n) is 8.06. The maximum atomic E-state index is 12.7. The number of hydrogen-bond acceptors (Lipinski definition) is 3. The predicted octanol–water partition coefficient (Wildman–Crippen LogP) is 3.54. The van der Waals surface area contributed by atoms with Gasteiger partial charge in [-0.05, 0) is 42.0 Å². The minimum absolute atomic E-state index is 0.187. The van der Waals surface area contributed by atoms with Gasteiger partial charge in [-0.3, -0.25) is 14.0 Å². The van der Waals surface area contributed by atoms with Gasteiger partial charge in [-0.25, -0.2) is 4.98 Å². The molecule has 2 heterocycles. The van der Waals surface area contributed by atoms with E-state index in [2.05, 4.69) is 26.2 Å². The Labute approximate surface area is 157 Å². The lowest BCUT2D eigenvalue weighted by Crippen LogP contribution is -2.25. The average molecular weight is 408 g/mol. The molecular formula is C20H14BrN3O2. The van der Waals surface area contributed by atoms with Crippen molar-refractivity contribution in [2.45, 2.75) is 6.54 Å². The fourth-order valence-electron chi connectivity index (χ4n) is 2.83. The van der Waals surface area contributed by atoms with Crippen LogP contribution < -0.4 is 10.9 Å². The Balaban J connectivity index is 1.72. The van der Waals surface area contributed by atoms with Crippen LogP contribution in [0.3, 0.4) is 0 Å². The third-order valence-electron chi connectivity index (χ3n) is 4.16. The molecule has 2 aromatic carbocycles. The normalized spacial score (nSPS) is 11.0. The van der Waals surface area contributed by atoms with Gasteiger partial charge in [0.2, 0.25) is 0 Å². The van der Waals surface area contributed by atoms with E-state index in [1.165, 1.54) is 4.40 Å². The lowest BCUT2D eigenvalue weighted by atomic mass is 10.2. The summed E-state index contributed by atoms with van der Waals surface area (Å²) in [6.45, 7) is 0.394. The van der Waals surface area contributed by atoms with Crippen molar-refractivity contribution < 1.29 is 4.79 Å². The molecule has 5 nitrogen and oxygen atoms in total. The number of carbonyl (C=O) groups excluding carboxylic acids is 1. The van der Waals surface area contributed by atoms with Crippen LogP contribution in [0.5, 0.6) is 0 Å². The fourth-order valence-corrected chi connectivity index (χ4v) is 3.10. The van der Waals surface area contributed by atoms with E-state index in [1.54, 1.807) is 36.5 Å². The molecule has 6 heteroatoms. The summed E-state index contributed by atoms with van der Waals surface area (Å²) >= 11 is 3.39. The number of halogens is 1. The van der Waals surface area contributed by atoms with Crippen molar-refractivity contribution in [1.29, 1.82) is 0 Å². The number of nitrogens with zero attached hydrogens (tertiary/aromatic N) is 2. The number of para-hydroxylation sites is 1. The molecule has 4 rings (SSSR count). The molecule has 0 unspecified atom stereocenters. The van der Waals surface area contributed by atoms with Crippen LogP contribution in [0, 0.1) is 0 Å². The van der Waals surface area contributed by atoms with Crippen molar-refractivity contribution in [3.8, 4) is 0 Å². The van der Waals surface area contributed by atoms with Crippen LogP contribution in [-0.4, -0.2) is 15.3 Å². The summed E-state index contributed by atoms with van der Waals surface area (Å²) in [6.07, 6.45) is 1.63. The molecule has 26 heavy (non-hydrogen) atoms. The average Bonchev–Trinajstić information content (AvgIpc) is 2.67. The maximum Gasteiger partial charge on any atom is 0.265 e. The maximum absolute atomic E-state index is 12.7. The molecule has 4 aromatic rings. The highest BCUT2D eigenvalue weighted by Gasteiger charge is 2.14. The number of benzene rings is 2. The standard InChI is InChI=1S/C20H14BrN3O2/c21-14-9-7-13(8-10-14)12-22-19(25)16-5-3-11-24-18(16)23-17-6-2-1-4-15(17)20(24)26/h1-11H,12H2,(H,22,25). The Morgan fingerprint density at radius 1 is 1.04 bits per heavy atom. The second-order valence-electron chi connectivity index (χ2n) is 5.86. The summed E-state index contributed by atoms with van der Waals surface area (Å²) in [7, 11) is 0. The number of fused-ring (bicyclic) bond motifs is 2. The molecule has 0 atom stereocenters. The van der Waals surface area contributed by atoms with E-state index in [0.29, 0.717) is 28.7 Å². The summed E-state index contributed by atoms with van der Waals surface area (Å²) in [5, 5.41) is 3.41. The van der Waals surface area contributed by atoms with Crippen LogP contribution >= 0.6 is 15.9 Å². The Kier molecular flexibility index (Phi) is 4.26. The first kappa shape index (κ1) is 16.5. The monoisotopic (exact) mass is 407 g/mol. The summed E-state index contributed by atoms with van der Waals surface area (Å²) in [6, 6.07) is 18.2. The van der Waals surface area contributed by atoms with Crippen molar-refractivity contribution in [3.05, 3.63) is 92.8 Å². The van der Waals surface area contributed by atoms with Crippen LogP contribution in [0.1, 0.15) is 15.9 Å². The van der Waals surface area contributed by atoms with E-state index in [9.17, 15) is 9.59 Å². The molecule has 0 spiro atoms. The van der Waals surface area contributed by atoms with Gasteiger partial charge in [0, 0.05) is 17.2 Å². The Morgan fingerprint density at radius 2 is 1.81 bits per heavy atom. The molecule has 0 aliphatic heterocycles. The Bertz CT molecular complexity index is 1180. The highest BCUT2D eigenvalue weighted by Crippen LogP contribution is 2.13. The fraction of sp³-hybridized carbons (Fsp3) is 0.0500. The smallest absolute Gasteiger partial charge is 0.265 e. The van der Waals surface area contributed by atoms with Gasteiger partial charge in [-0.15, -0.1) is 0 Å². The molecule has 0 aliphatic rings. The third kappa shape index (κ3) is 2.99. The number of pyridine rings is 1. The van der Waals surface area contributed by atoms with Crippen LogP contribution in [0.4, 0.5) is 0 Å². The number of rotatable bonds is 3. The molecular weight excluding hydrogens is 394 g/mol. The number of aromatic nitrogens is 2. The zero-order chi connectivity index (χ0) is 18.1. The molecule has 0 saturated heterocycles. The number of hydrogen-bond donors (Lipinski definition) is 1. The van der Waals surface area contributed by atoms with Gasteiger partial charge < -0.3 is 5.32 Å². The van der Waals surface area contributed by atoms with Crippen molar-refractivity contribution in [3.63, 3.8) is 0 Å². The van der Waals surface area contributed by atoms with Gasteiger partial charge in [0.05, 0.1) is 16.5 Å². The zero-order valence-electron chi connectivity index (χ0n) is 13.6. The first-order chi connectivity index (χ1) is 12.6. The predicted molar refractivity (Wildman–Crippen MR) is 104 cm³/mol. The summed E-state index contributed by atoms with van der Waals surface area (Å²) in [5.41, 5.74) is 2.09. The van der Waals surface area contributed by atoms with Crippen molar-refractivity contribution >= 4 is 38.4 Å². The number of nitrogens with one attached hydrogen (secondary N) is 1. The second kappa shape index (κ2) is 6.72. The van der Waals surface area contributed by atoms with Crippen molar-refractivity contribution in [1.82, 2.24) is 14.7 Å². The van der Waals surface area contributed by atoms with Gasteiger partial charge >= 0.3 is 0 Å². The molecule has 1 amide bonds. The quantitative estimate of drug-likeness (QED) is 0.528. The van der Waals surface area contributed by atoms with E-state index in [-0.39, 0.29) is 11.5 Å². The van der Waals surface area contributed by atoms with Crippen LogP contribution in [0.15, 0.2) is 76.1 Å². The lowest BCUT2D eigenvalue weighted by Gasteiger charge is -2.09. The van der Waals surface area contributed by atoms with Crippen molar-refractivity contribution in [2.75, 3.05) is 0 Å². The molecule has 0 aliphatic carbocycles. The minimum Gasteiger partial charge on any atom is -0.348 e. The van der Waals surface area contributed by atoms with Gasteiger partial charge in [0.15, 0.2) is 5.65 Å². The van der Waals surface area contributed by atoms with Gasteiger partial charge in [-0.1, -0.05) is 40.2 Å². The van der Waals surface area contributed by atoms with Crippen LogP contribution in [-0.2, 0) is 6.54 Å². The molecule has 2 aromatic heterocycles. The summed E-state index contributed by atoms with van der Waals surface area (Å²) < 4.78 is 2.40. The topological polar surface area (TPSA) is 63.5 Å². The van der Waals surface area contributed by atoms with Gasteiger partial charge in [-0.2, -0.15) is 0 Å². The zero-order valence-corrected chi connectivity index (χ0v) is 15.2. The Morgan fingerprint density at radius 3 is 2.62 bits per heavy atom. The van der Waals surface area contributed by atoms with Gasteiger partial charge in [0.25, 0.3) is 11.5 Å². The van der Waals surface area contributed by atoms with E-state index in [0.717, 1.165) is 10.0 Å². The van der Waals surface area contributed by atoms with Crippen molar-refractivity contribution in [2.24, 2.45) is 0 Å². The van der Waals surface area contributed by atoms with E-state index < -0.39 is 0 Å². The molecule has 0 fully saturated rings. The largest absolute Gasteiger partial charge is 0.348 e. The minimum atomic E-state index is -0.270. The van der Waals surface area contributed by atoms with Crippen LogP contribution in [0.2, 0.25) is 0 Å². The first-order valence-corrected chi connectivity index (χ1v) is 8.85. The summed E-state index contributed by atoms with van der Waals surface area (Å²) in [4.78, 5) is 29.9. The molecule has 0 radical (unpaired) electrons. The van der Waals surface area contributed by atoms with E-state index in [4.69, 9.17) is 0 Å². The second-order valence-corrected chi connectivity index (χ2v) is 6.77. The number of amides is 1. The highest BCUT2D eigenvalue weighted by molar-refractivity contribution is 9.10.